The Kier molecular flexibility index (Phi) is 48200. The Labute approximate surface area is 1150 Å². The molecule has 0 fully saturated rings. The third-order valence-corrected chi connectivity index (χ3v) is 0. The van der Waals surface area contributed by atoms with Crippen LogP contribution in [0.15, 0.2) is 0 Å². The zero-order chi connectivity index (χ0) is 2.71. The van der Waals surface area contributed by atoms with Crippen molar-refractivity contribution < 1.29 is 1170 Å². The summed E-state index contributed by atoms with van der Waals surface area (Å²) in [5.74, 6) is 0. The van der Waals surface area contributed by atoms with Gasteiger partial charge < -0.3 is 1140 Å². The molecular weight excluding hydrogens is 3530 g/mol. The third kappa shape index (κ3) is 2310. The average molecular weight is 3530 g/mol. The molecule has 0 rings (SSSR count). The van der Waals surface area contributed by atoms with Crippen molar-refractivity contribution >= 4 is 0 Å². The minimum absolute atomic E-state index is 0. The van der Waals surface area contributed by atoms with Crippen LogP contribution < -0.4 is 1140 Å². The Morgan fingerprint density at radius 3 is 0.0526 bits per heavy atom. The average Bonchev–Trinajstić information content (AvgIpc) is 0.918. The second-order valence-electron chi connectivity index (χ2n) is 0.0833. The summed E-state index contributed by atoms with van der Waals surface area (Å²) in [6.07, 6.45) is 0. The van der Waals surface area contributed by atoms with Gasteiger partial charge in [-0.25, -0.2) is 0 Å². The number of hydrogen-bond acceptors (Lipinski definition) is 2. The molecule has 95 heavy (non-hydrogen) atoms. The number of halogens is 92. The van der Waals surface area contributed by atoms with Gasteiger partial charge in [0.2, 0.25) is 0 Å². The molecule has 0 aliphatic rings. The van der Waals surface area contributed by atoms with E-state index in [2.05, 4.69) is 0 Å². The van der Waals surface area contributed by atoms with Gasteiger partial charge >= 0.3 is 32.3 Å². The summed E-state index contributed by atoms with van der Waals surface area (Å²) in [7, 11) is 0. The fourth-order valence-corrected chi connectivity index (χ4v) is 0. The summed E-state index contributed by atoms with van der Waals surface area (Å²) in [5, 5.41) is 0. The molecule has 0 bridgehead atoms. The normalized spacial score (nSPS) is 0.0842. The molecule has 0 spiro atoms. The van der Waals surface area contributed by atoms with E-state index in [1.807, 2.05) is 0 Å². The first-order valence-electron chi connectivity index (χ1n) is 0.408. The van der Waals surface area contributed by atoms with Gasteiger partial charge in [0.05, 0.1) is 0 Å². The molecular formula is Cl92O2U-90. The third-order valence-electron chi connectivity index (χ3n) is 0. The van der Waals surface area contributed by atoms with Crippen LogP contribution in [0.3, 0.4) is 0 Å². The summed E-state index contributed by atoms with van der Waals surface area (Å²) in [4.78, 5) is 0. The predicted octanol–water partition coefficient (Wildman–Crippen LogP) is -276. The van der Waals surface area contributed by atoms with Crippen LogP contribution >= 0.6 is 0 Å². The van der Waals surface area contributed by atoms with Crippen LogP contribution in [-0.2, 0) is 4.47 Å². The van der Waals surface area contributed by atoms with E-state index in [1.165, 1.54) is 0 Å². The van der Waals surface area contributed by atoms with Crippen LogP contribution in [0.1, 0.15) is 0 Å². The number of rotatable bonds is 0. The van der Waals surface area contributed by atoms with Gasteiger partial charge in [0, 0.05) is 0 Å². The van der Waals surface area contributed by atoms with Gasteiger partial charge in [-0.15, -0.1) is 0 Å². The van der Waals surface area contributed by atoms with Crippen molar-refractivity contribution in [3.05, 3.63) is 0 Å². The monoisotopic (exact) mass is 3490 g/mol. The summed E-state index contributed by atoms with van der Waals surface area (Å²) < 4.78 is 17.2. The van der Waals surface area contributed by atoms with Crippen LogP contribution in [0.2, 0.25) is 0 Å². The van der Waals surface area contributed by atoms with E-state index in [1.54, 1.807) is 0 Å². The van der Waals surface area contributed by atoms with E-state index in [9.17, 15) is 0 Å². The first kappa shape index (κ1) is 2090. The Morgan fingerprint density at radius 1 is 0.0526 bits per heavy atom. The zero-order valence-corrected chi connectivity index (χ0v) is 110. The molecule has 0 N–H and O–H groups in total. The second-order valence-corrected chi connectivity index (χ2v) is 0.777. The Bertz CT molecular complexity index is 43.0. The van der Waals surface area contributed by atoms with Crippen molar-refractivity contribution in [1.82, 2.24) is 0 Å². The van der Waals surface area contributed by atoms with Crippen LogP contribution in [0.25, 0.3) is 0 Å². The molecule has 750 valence electrons. The van der Waals surface area contributed by atoms with Crippen LogP contribution in [0, 0.1) is 27.8 Å². The maximum absolute atomic E-state index is 8.58. The molecule has 0 amide bonds. The first-order chi connectivity index (χ1) is 1.41. The molecule has 0 atom stereocenters. The summed E-state index contributed by atoms with van der Waals surface area (Å²) in [5.41, 5.74) is 0. The van der Waals surface area contributed by atoms with Crippen LogP contribution in [0.4, 0.5) is 0 Å². The van der Waals surface area contributed by atoms with E-state index in [4.69, 9.17) is 4.47 Å². The fourth-order valence-electron chi connectivity index (χ4n) is 0. The van der Waals surface area contributed by atoms with Gasteiger partial charge in [0.25, 0.3) is 0 Å². The molecule has 0 saturated carbocycles. The summed E-state index contributed by atoms with van der Waals surface area (Å²) >= 11 is -2.51. The van der Waals surface area contributed by atoms with Crippen molar-refractivity contribution in [3.63, 3.8) is 0 Å². The van der Waals surface area contributed by atoms with E-state index in [0.717, 1.165) is 0 Å². The maximum atomic E-state index is 8.58. The standard InChI is InChI=1S/92ClH.2O.U/h92*1H;;;/q;;;;;;;;;;;;;;;;;;;;;;;;;;;;;;;;;;;;;;;;;;;;;;;;;;;;;;;;;;;;;;;;;;;;;;;;;;;;;;;;;;;;;;;;;;;;;;+2/p-92. The molecule has 0 aliphatic heterocycles. The fraction of sp³-hybridized carbons (Fsp3) is 0. The molecule has 0 aromatic heterocycles. The molecule has 2 nitrogen and oxygen atoms in total. The van der Waals surface area contributed by atoms with Crippen molar-refractivity contribution in [2.24, 2.45) is 0 Å². The summed E-state index contributed by atoms with van der Waals surface area (Å²) in [6.45, 7) is 0. The van der Waals surface area contributed by atoms with Gasteiger partial charge in [-0.1, -0.05) is 0 Å². The molecule has 0 radical (unpaired) electrons. The van der Waals surface area contributed by atoms with Crippen LogP contribution in [0.5, 0.6) is 0 Å². The molecule has 0 saturated heterocycles. The van der Waals surface area contributed by atoms with Gasteiger partial charge in [0.15, 0.2) is 0 Å². The van der Waals surface area contributed by atoms with Gasteiger partial charge in [-0.05, 0) is 0 Å². The van der Waals surface area contributed by atoms with Gasteiger partial charge in [-0.2, -0.15) is 0 Å². The molecule has 0 heterocycles. The minimum atomic E-state index is -2.51. The SMILES string of the molecule is [Cl-].[Cl-].[Cl-].[Cl-].[Cl-].[Cl-].[Cl-].[Cl-].[Cl-].[Cl-].[Cl-].[Cl-].[Cl-].[Cl-].[Cl-].[Cl-].[Cl-].[Cl-].[Cl-].[Cl-].[Cl-].[Cl-].[Cl-].[Cl-].[Cl-].[Cl-].[Cl-].[Cl-].[Cl-].[Cl-].[Cl-].[Cl-].[Cl-].[Cl-].[Cl-].[Cl-].[Cl-].[Cl-].[Cl-].[Cl-].[Cl-].[Cl-].[Cl-].[Cl-].[Cl-].[Cl-].[Cl-].[Cl-].[Cl-].[Cl-].[Cl-].[Cl-].[Cl-].[Cl-].[Cl-].[Cl-].[Cl-].[Cl-].[Cl-].[Cl-].[Cl-].[Cl-].[Cl-].[Cl-].[Cl-].[Cl-].[Cl-].[Cl-].[Cl-].[Cl-].[Cl-].[Cl-].[Cl-].[Cl-].[Cl-].[Cl-].[Cl-].[Cl-].[Cl-].[Cl-].[Cl-].[Cl-].[Cl-].[Cl-].[Cl-].[Cl-].[Cl-].[Cl-].[Cl-].[Cl-].[Cl-].[Cl-].[O]=[U+2]=[O]. The second kappa shape index (κ2) is 2190. The Morgan fingerprint density at radius 2 is 0.0526 bits per heavy atom. The molecule has 0 unspecified atom stereocenters. The van der Waals surface area contributed by atoms with Gasteiger partial charge in [-0.3, -0.25) is 0 Å². The Balaban J connectivity index is -0.00000000000478. The van der Waals surface area contributed by atoms with Crippen molar-refractivity contribution in [1.29, 1.82) is 0 Å². The Hall–Kier alpha value is 27.3. The molecule has 95 heteroatoms. The quantitative estimate of drug-likeness (QED) is 0.242. The summed E-state index contributed by atoms with van der Waals surface area (Å²) in [6, 6.07) is 0. The molecule has 0 aromatic carbocycles. The van der Waals surface area contributed by atoms with E-state index < -0.39 is 27.8 Å². The number of hydrogen-bond donors (Lipinski definition) is 0. The van der Waals surface area contributed by atoms with Gasteiger partial charge in [0.1, 0.15) is 0 Å². The molecule has 0 aromatic rings. The topological polar surface area (TPSA) is 34.1 Å². The van der Waals surface area contributed by atoms with Crippen molar-refractivity contribution in [2.75, 3.05) is 0 Å². The van der Waals surface area contributed by atoms with E-state index in [-0.39, 0.29) is 1140 Å². The molecule has 0 aliphatic carbocycles. The van der Waals surface area contributed by atoms with Crippen molar-refractivity contribution in [2.45, 2.75) is 0 Å². The first-order valence-corrected chi connectivity index (χ1v) is 3.81. The van der Waals surface area contributed by atoms with Crippen molar-refractivity contribution in [3.8, 4) is 0 Å². The van der Waals surface area contributed by atoms with E-state index in [0.29, 0.717) is 0 Å². The predicted molar refractivity (Wildman–Crippen MR) is 1.37 cm³/mol. The van der Waals surface area contributed by atoms with Crippen LogP contribution in [-0.4, -0.2) is 0 Å². The van der Waals surface area contributed by atoms with E-state index >= 15 is 0 Å². The zero-order valence-electron chi connectivity index (χ0n) is 36.1.